The zero-order valence-corrected chi connectivity index (χ0v) is 12.3. The number of aromatic nitrogens is 4. The topological polar surface area (TPSA) is 69.6 Å². The third kappa shape index (κ3) is 2.63. The number of anilines is 1. The summed E-state index contributed by atoms with van der Waals surface area (Å²) in [5, 5.41) is 4.54. The summed E-state index contributed by atoms with van der Waals surface area (Å²) >= 11 is 0. The van der Waals surface area contributed by atoms with Crippen molar-refractivity contribution in [2.24, 2.45) is 0 Å². The Morgan fingerprint density at radius 3 is 2.33 bits per heavy atom. The molecule has 106 valence electrons. The second kappa shape index (κ2) is 5.01. The van der Waals surface area contributed by atoms with E-state index in [2.05, 4.69) is 34.1 Å². The molecule has 0 aliphatic carbocycles. The standard InChI is InChI=1S/C16H17N5/c1-10-5-4-6-13(7-10)14-9-15(17)21(20-14)16-18-11(2)8-12(3)19-16/h4-9H,17H2,1-3H3. The van der Waals surface area contributed by atoms with Crippen LogP contribution in [0.1, 0.15) is 17.0 Å². The van der Waals surface area contributed by atoms with E-state index < -0.39 is 0 Å². The number of nitrogen functional groups attached to an aromatic ring is 1. The van der Waals surface area contributed by atoms with Gasteiger partial charge in [0.1, 0.15) is 5.82 Å². The normalized spacial score (nSPS) is 10.8. The average Bonchev–Trinajstić information content (AvgIpc) is 2.80. The summed E-state index contributed by atoms with van der Waals surface area (Å²) in [7, 11) is 0. The molecule has 3 aromatic rings. The number of aryl methyl sites for hydroxylation is 3. The Labute approximate surface area is 123 Å². The molecule has 0 bridgehead atoms. The Bertz CT molecular complexity index is 784. The van der Waals surface area contributed by atoms with Crippen molar-refractivity contribution in [2.75, 3.05) is 5.73 Å². The zero-order chi connectivity index (χ0) is 15.0. The number of benzene rings is 1. The highest BCUT2D eigenvalue weighted by Crippen LogP contribution is 2.22. The number of hydrogen-bond acceptors (Lipinski definition) is 4. The van der Waals surface area contributed by atoms with Crippen LogP contribution in [0.2, 0.25) is 0 Å². The maximum Gasteiger partial charge on any atom is 0.252 e. The highest BCUT2D eigenvalue weighted by Gasteiger charge is 2.11. The van der Waals surface area contributed by atoms with Gasteiger partial charge in [-0.25, -0.2) is 9.97 Å². The van der Waals surface area contributed by atoms with E-state index in [1.807, 2.05) is 38.1 Å². The maximum atomic E-state index is 6.07. The summed E-state index contributed by atoms with van der Waals surface area (Å²) in [5.41, 5.74) is 10.9. The van der Waals surface area contributed by atoms with E-state index >= 15 is 0 Å². The highest BCUT2D eigenvalue weighted by molar-refractivity contribution is 5.63. The first-order chi connectivity index (χ1) is 10.0. The number of hydrogen-bond donors (Lipinski definition) is 1. The van der Waals surface area contributed by atoms with Gasteiger partial charge in [-0.1, -0.05) is 23.8 Å². The predicted octanol–water partition coefficient (Wildman–Crippen LogP) is 2.84. The first-order valence-corrected chi connectivity index (χ1v) is 6.78. The molecule has 0 saturated heterocycles. The molecule has 0 atom stereocenters. The Morgan fingerprint density at radius 2 is 1.67 bits per heavy atom. The molecule has 2 heterocycles. The van der Waals surface area contributed by atoms with Gasteiger partial charge in [0.15, 0.2) is 0 Å². The van der Waals surface area contributed by atoms with Crippen LogP contribution in [0.4, 0.5) is 5.82 Å². The van der Waals surface area contributed by atoms with Crippen LogP contribution in [-0.4, -0.2) is 19.7 Å². The Balaban J connectivity index is 2.09. The monoisotopic (exact) mass is 279 g/mol. The van der Waals surface area contributed by atoms with E-state index in [9.17, 15) is 0 Å². The van der Waals surface area contributed by atoms with E-state index in [4.69, 9.17) is 5.73 Å². The number of nitrogens with zero attached hydrogens (tertiary/aromatic N) is 4. The number of nitrogens with two attached hydrogens (primary N) is 1. The van der Waals surface area contributed by atoms with Crippen LogP contribution in [0, 0.1) is 20.8 Å². The van der Waals surface area contributed by atoms with Crippen molar-refractivity contribution in [1.82, 2.24) is 19.7 Å². The smallest absolute Gasteiger partial charge is 0.252 e. The minimum absolute atomic E-state index is 0.504. The summed E-state index contributed by atoms with van der Waals surface area (Å²) in [6.45, 7) is 5.91. The van der Waals surface area contributed by atoms with Crippen molar-refractivity contribution in [3.05, 3.63) is 53.3 Å². The minimum Gasteiger partial charge on any atom is -0.383 e. The fourth-order valence-electron chi connectivity index (χ4n) is 2.30. The van der Waals surface area contributed by atoms with Crippen molar-refractivity contribution < 1.29 is 0 Å². The molecule has 21 heavy (non-hydrogen) atoms. The van der Waals surface area contributed by atoms with Crippen LogP contribution >= 0.6 is 0 Å². The summed E-state index contributed by atoms with van der Waals surface area (Å²) in [6, 6.07) is 11.9. The van der Waals surface area contributed by atoms with Crippen LogP contribution in [0.15, 0.2) is 36.4 Å². The highest BCUT2D eigenvalue weighted by atomic mass is 15.4. The second-order valence-corrected chi connectivity index (χ2v) is 5.19. The summed E-state index contributed by atoms with van der Waals surface area (Å²) < 4.78 is 1.58. The largest absolute Gasteiger partial charge is 0.383 e. The quantitative estimate of drug-likeness (QED) is 0.783. The fraction of sp³-hybridized carbons (Fsp3) is 0.188. The molecular formula is C16H17N5. The van der Waals surface area contributed by atoms with Crippen LogP contribution in [-0.2, 0) is 0 Å². The molecule has 2 aromatic heterocycles. The maximum absolute atomic E-state index is 6.07. The van der Waals surface area contributed by atoms with Crippen LogP contribution < -0.4 is 5.73 Å². The van der Waals surface area contributed by atoms with E-state index in [-0.39, 0.29) is 0 Å². The van der Waals surface area contributed by atoms with Crippen molar-refractivity contribution in [2.45, 2.75) is 20.8 Å². The van der Waals surface area contributed by atoms with Crippen molar-refractivity contribution in [3.63, 3.8) is 0 Å². The molecular weight excluding hydrogens is 262 g/mol. The first kappa shape index (κ1) is 13.3. The first-order valence-electron chi connectivity index (χ1n) is 6.78. The van der Waals surface area contributed by atoms with Crippen molar-refractivity contribution in [3.8, 4) is 17.2 Å². The van der Waals surface area contributed by atoms with Crippen molar-refractivity contribution in [1.29, 1.82) is 0 Å². The predicted molar refractivity (Wildman–Crippen MR) is 83.2 cm³/mol. The summed E-state index contributed by atoms with van der Waals surface area (Å²) in [5.74, 6) is 1.03. The van der Waals surface area contributed by atoms with Gasteiger partial charge >= 0.3 is 0 Å². The van der Waals surface area contributed by atoms with Gasteiger partial charge in [-0.2, -0.15) is 9.78 Å². The molecule has 0 fully saturated rings. The van der Waals surface area contributed by atoms with Crippen LogP contribution in [0.25, 0.3) is 17.2 Å². The lowest BCUT2D eigenvalue weighted by molar-refractivity contribution is 0.805. The molecule has 5 heteroatoms. The third-order valence-electron chi connectivity index (χ3n) is 3.21. The molecule has 0 radical (unpaired) electrons. The van der Waals surface area contributed by atoms with Crippen LogP contribution in [0.3, 0.4) is 0 Å². The zero-order valence-electron chi connectivity index (χ0n) is 12.3. The molecule has 0 amide bonds. The molecule has 3 rings (SSSR count). The third-order valence-corrected chi connectivity index (χ3v) is 3.21. The van der Waals surface area contributed by atoms with Gasteiger partial charge in [-0.05, 0) is 32.9 Å². The van der Waals surface area contributed by atoms with E-state index in [1.54, 1.807) is 4.68 Å². The van der Waals surface area contributed by atoms with E-state index in [0.717, 1.165) is 22.6 Å². The lowest BCUT2D eigenvalue weighted by Crippen LogP contribution is -2.08. The van der Waals surface area contributed by atoms with Crippen LogP contribution in [0.5, 0.6) is 0 Å². The number of rotatable bonds is 2. The molecule has 0 spiro atoms. The Morgan fingerprint density at radius 1 is 0.952 bits per heavy atom. The van der Waals surface area contributed by atoms with Gasteiger partial charge in [-0.3, -0.25) is 0 Å². The Kier molecular flexibility index (Phi) is 3.17. The molecule has 5 nitrogen and oxygen atoms in total. The lowest BCUT2D eigenvalue weighted by Gasteiger charge is -2.04. The second-order valence-electron chi connectivity index (χ2n) is 5.19. The molecule has 0 aliphatic heterocycles. The van der Waals surface area contributed by atoms with E-state index in [0.29, 0.717) is 11.8 Å². The molecule has 0 saturated carbocycles. The lowest BCUT2D eigenvalue weighted by atomic mass is 10.1. The van der Waals surface area contributed by atoms with Gasteiger partial charge in [-0.15, -0.1) is 0 Å². The minimum atomic E-state index is 0.504. The van der Waals surface area contributed by atoms with Gasteiger partial charge in [0.25, 0.3) is 5.95 Å². The molecule has 1 aromatic carbocycles. The molecule has 0 unspecified atom stereocenters. The van der Waals surface area contributed by atoms with Gasteiger partial charge < -0.3 is 5.73 Å². The van der Waals surface area contributed by atoms with Gasteiger partial charge in [0.05, 0.1) is 5.69 Å². The van der Waals surface area contributed by atoms with E-state index in [1.165, 1.54) is 5.56 Å². The fourth-order valence-corrected chi connectivity index (χ4v) is 2.30. The SMILES string of the molecule is Cc1cccc(-c2cc(N)n(-c3nc(C)cc(C)n3)n2)c1. The Hall–Kier alpha value is -2.69. The summed E-state index contributed by atoms with van der Waals surface area (Å²) in [6.07, 6.45) is 0. The van der Waals surface area contributed by atoms with Gasteiger partial charge in [0, 0.05) is 23.0 Å². The molecule has 0 aliphatic rings. The average molecular weight is 279 g/mol. The summed E-state index contributed by atoms with van der Waals surface area (Å²) in [4.78, 5) is 8.80. The van der Waals surface area contributed by atoms with Crippen molar-refractivity contribution >= 4 is 5.82 Å². The molecule has 2 N–H and O–H groups in total. The van der Waals surface area contributed by atoms with Gasteiger partial charge in [0.2, 0.25) is 0 Å².